The van der Waals surface area contributed by atoms with Gasteiger partial charge in [0.05, 0.1) is 12.3 Å². The van der Waals surface area contributed by atoms with Gasteiger partial charge in [-0.1, -0.05) is 42.5 Å². The van der Waals surface area contributed by atoms with Gasteiger partial charge < -0.3 is 10.1 Å². The second-order valence-corrected chi connectivity index (χ2v) is 4.81. The lowest BCUT2D eigenvalue weighted by molar-refractivity contribution is 0.325. The van der Waals surface area contributed by atoms with Gasteiger partial charge in [-0.3, -0.25) is 0 Å². The summed E-state index contributed by atoms with van der Waals surface area (Å²) in [5.41, 5.74) is 2.65. The number of thiocarbonyl (C=S) groups is 1. The van der Waals surface area contributed by atoms with Crippen LogP contribution >= 0.6 is 12.2 Å². The maximum absolute atomic E-state index is 5.49. The summed E-state index contributed by atoms with van der Waals surface area (Å²) in [5, 5.41) is 3.23. The highest BCUT2D eigenvalue weighted by Crippen LogP contribution is 2.21. The van der Waals surface area contributed by atoms with Crippen molar-refractivity contribution in [1.82, 2.24) is 0 Å². The van der Waals surface area contributed by atoms with Crippen LogP contribution < -0.4 is 5.32 Å². The van der Waals surface area contributed by atoms with Gasteiger partial charge in [0.1, 0.15) is 4.99 Å². The fourth-order valence-corrected chi connectivity index (χ4v) is 2.18. The molecule has 0 aliphatic heterocycles. The maximum atomic E-state index is 5.49. The molecule has 0 heterocycles. The first-order chi connectivity index (χ1) is 10.2. The van der Waals surface area contributed by atoms with Crippen LogP contribution in [0.1, 0.15) is 19.4 Å². The Labute approximate surface area is 130 Å². The van der Waals surface area contributed by atoms with Crippen LogP contribution in [0.2, 0.25) is 0 Å². The minimum absolute atomic E-state index is 0.601. The van der Waals surface area contributed by atoms with E-state index < -0.39 is 0 Å². The minimum atomic E-state index is 0.601. The van der Waals surface area contributed by atoms with E-state index in [1.807, 2.05) is 68.4 Å². The summed E-state index contributed by atoms with van der Waals surface area (Å²) in [5.74, 6) is 0.632. The number of hydrogen-bond donors (Lipinski definition) is 1. The molecule has 0 radical (unpaired) electrons. The number of para-hydroxylation sites is 2. The molecule has 2 rings (SSSR count). The highest BCUT2D eigenvalue weighted by Gasteiger charge is 2.07. The molecule has 0 bridgehead atoms. The Bertz CT molecular complexity index is 638. The van der Waals surface area contributed by atoms with E-state index in [1.165, 1.54) is 0 Å². The molecule has 3 nitrogen and oxygen atoms in total. The van der Waals surface area contributed by atoms with E-state index in [0.717, 1.165) is 16.9 Å². The molecule has 0 spiro atoms. The van der Waals surface area contributed by atoms with E-state index >= 15 is 0 Å². The average Bonchev–Trinajstić information content (AvgIpc) is 2.49. The molecule has 0 amide bonds. The van der Waals surface area contributed by atoms with Crippen LogP contribution in [0.4, 0.5) is 11.4 Å². The first kappa shape index (κ1) is 15.2. The van der Waals surface area contributed by atoms with Gasteiger partial charge in [-0.25, -0.2) is 4.99 Å². The Morgan fingerprint density at radius 1 is 1.10 bits per heavy atom. The Balaban J connectivity index is 2.23. The van der Waals surface area contributed by atoms with Gasteiger partial charge in [0.15, 0.2) is 5.90 Å². The fraction of sp³-hybridized carbons (Fsp3) is 0.176. The van der Waals surface area contributed by atoms with Gasteiger partial charge in [-0.2, -0.15) is 0 Å². The van der Waals surface area contributed by atoms with E-state index in [-0.39, 0.29) is 0 Å². The van der Waals surface area contributed by atoms with E-state index in [2.05, 4.69) is 10.3 Å². The number of ether oxygens (including phenoxy) is 1. The largest absolute Gasteiger partial charge is 0.481 e. The zero-order valence-corrected chi connectivity index (χ0v) is 13.0. The van der Waals surface area contributed by atoms with E-state index in [1.54, 1.807) is 0 Å². The normalized spacial score (nSPS) is 11.0. The van der Waals surface area contributed by atoms with Crippen molar-refractivity contribution in [3.05, 3.63) is 60.2 Å². The molecule has 1 N–H and O–H groups in total. The lowest BCUT2D eigenvalue weighted by Gasteiger charge is -2.11. The summed E-state index contributed by atoms with van der Waals surface area (Å²) in [7, 11) is 0. The quantitative estimate of drug-likeness (QED) is 0.510. The molecule has 2 aromatic carbocycles. The van der Waals surface area contributed by atoms with Gasteiger partial charge in [-0.15, -0.1) is 0 Å². The summed E-state index contributed by atoms with van der Waals surface area (Å²) in [6.07, 6.45) is 0. The molecule has 2 aromatic rings. The van der Waals surface area contributed by atoms with Crippen molar-refractivity contribution in [2.24, 2.45) is 4.99 Å². The second-order valence-electron chi connectivity index (χ2n) is 4.40. The van der Waals surface area contributed by atoms with Gasteiger partial charge in [0.2, 0.25) is 0 Å². The summed E-state index contributed by atoms with van der Waals surface area (Å²) >= 11 is 5.49. The van der Waals surface area contributed by atoms with Crippen molar-refractivity contribution < 1.29 is 4.74 Å². The standard InChI is InChI=1S/C17H18N2OS/c1-3-20-13(2)18-16-12-8-7-11-15(16)17(21)19-14-9-5-4-6-10-14/h4-12H,3H2,1-2H3,(H,19,21). The van der Waals surface area contributed by atoms with E-state index in [9.17, 15) is 0 Å². The number of benzene rings is 2. The van der Waals surface area contributed by atoms with Crippen LogP contribution in [-0.4, -0.2) is 17.5 Å². The Hall–Kier alpha value is -2.20. The number of anilines is 1. The third-order valence-corrected chi connectivity index (χ3v) is 3.13. The van der Waals surface area contributed by atoms with E-state index in [4.69, 9.17) is 17.0 Å². The molecule has 0 aliphatic rings. The van der Waals surface area contributed by atoms with Crippen molar-refractivity contribution in [3.63, 3.8) is 0 Å². The number of aliphatic imine (C=N–C) groups is 1. The minimum Gasteiger partial charge on any atom is -0.481 e. The smallest absolute Gasteiger partial charge is 0.185 e. The molecular weight excluding hydrogens is 280 g/mol. The van der Waals surface area contributed by atoms with Crippen LogP contribution in [0.15, 0.2) is 59.6 Å². The highest BCUT2D eigenvalue weighted by molar-refractivity contribution is 7.81. The first-order valence-electron chi connectivity index (χ1n) is 6.84. The lowest BCUT2D eigenvalue weighted by Crippen LogP contribution is -2.11. The van der Waals surface area contributed by atoms with Crippen LogP contribution in [-0.2, 0) is 4.74 Å². The summed E-state index contributed by atoms with van der Waals surface area (Å²) < 4.78 is 5.39. The molecule has 0 saturated heterocycles. The third kappa shape index (κ3) is 4.39. The number of hydrogen-bond acceptors (Lipinski definition) is 3. The molecule has 0 aliphatic carbocycles. The zero-order valence-electron chi connectivity index (χ0n) is 12.2. The van der Waals surface area contributed by atoms with Gasteiger partial charge in [-0.05, 0) is 31.2 Å². The molecule has 4 heteroatoms. The second kappa shape index (κ2) is 7.55. The van der Waals surface area contributed by atoms with Gasteiger partial charge in [0, 0.05) is 18.2 Å². The zero-order chi connectivity index (χ0) is 15.1. The summed E-state index contributed by atoms with van der Waals surface area (Å²) in [6.45, 7) is 4.38. The number of nitrogens with zero attached hydrogens (tertiary/aromatic N) is 1. The predicted octanol–water partition coefficient (Wildman–Crippen LogP) is 4.56. The van der Waals surface area contributed by atoms with Crippen LogP contribution in [0.25, 0.3) is 0 Å². The maximum Gasteiger partial charge on any atom is 0.185 e. The monoisotopic (exact) mass is 298 g/mol. The molecular formula is C17H18N2OS. The Morgan fingerprint density at radius 3 is 2.48 bits per heavy atom. The van der Waals surface area contributed by atoms with E-state index in [0.29, 0.717) is 17.5 Å². The highest BCUT2D eigenvalue weighted by atomic mass is 32.1. The third-order valence-electron chi connectivity index (χ3n) is 2.81. The van der Waals surface area contributed by atoms with Crippen molar-refractivity contribution in [1.29, 1.82) is 0 Å². The number of nitrogens with one attached hydrogen (secondary N) is 1. The molecule has 0 fully saturated rings. The Kier molecular flexibility index (Phi) is 5.46. The summed E-state index contributed by atoms with van der Waals surface area (Å²) in [4.78, 5) is 5.12. The fourth-order valence-electron chi connectivity index (χ4n) is 1.89. The molecule has 0 aromatic heterocycles. The first-order valence-corrected chi connectivity index (χ1v) is 7.25. The Morgan fingerprint density at radius 2 is 1.76 bits per heavy atom. The van der Waals surface area contributed by atoms with Crippen LogP contribution in [0.3, 0.4) is 0 Å². The molecule has 0 atom stereocenters. The van der Waals surface area contributed by atoms with Crippen molar-refractivity contribution >= 4 is 34.5 Å². The summed E-state index contributed by atoms with van der Waals surface area (Å²) in [6, 6.07) is 17.6. The van der Waals surface area contributed by atoms with Crippen LogP contribution in [0.5, 0.6) is 0 Å². The predicted molar refractivity (Wildman–Crippen MR) is 92.6 cm³/mol. The van der Waals surface area contributed by atoms with Crippen molar-refractivity contribution in [2.45, 2.75) is 13.8 Å². The number of rotatable bonds is 4. The topological polar surface area (TPSA) is 33.6 Å². The molecule has 0 saturated carbocycles. The van der Waals surface area contributed by atoms with Crippen molar-refractivity contribution in [3.8, 4) is 0 Å². The van der Waals surface area contributed by atoms with Crippen LogP contribution in [0, 0.1) is 0 Å². The van der Waals surface area contributed by atoms with Gasteiger partial charge in [0.25, 0.3) is 0 Å². The molecule has 108 valence electrons. The van der Waals surface area contributed by atoms with Gasteiger partial charge >= 0.3 is 0 Å². The molecule has 21 heavy (non-hydrogen) atoms. The lowest BCUT2D eigenvalue weighted by atomic mass is 10.1. The van der Waals surface area contributed by atoms with Crippen molar-refractivity contribution in [2.75, 3.05) is 11.9 Å². The average molecular weight is 298 g/mol. The molecule has 0 unspecified atom stereocenters. The SMILES string of the molecule is CCOC(C)=Nc1ccccc1C(=S)Nc1ccccc1.